The summed E-state index contributed by atoms with van der Waals surface area (Å²) >= 11 is 0. The molecule has 0 saturated carbocycles. The van der Waals surface area contributed by atoms with Gasteiger partial charge in [-0.05, 0) is 23.8 Å². The second-order valence-electron chi connectivity index (χ2n) is 4.34. The first-order chi connectivity index (χ1) is 9.45. The van der Waals surface area contributed by atoms with Gasteiger partial charge in [0.2, 0.25) is 0 Å². The van der Waals surface area contributed by atoms with Gasteiger partial charge in [0, 0.05) is 20.4 Å². The molecular weight excluding hydrogens is 433 g/mol. The molecule has 0 bridgehead atoms. The Morgan fingerprint density at radius 3 is 0.905 bits per heavy atom. The minimum Gasteiger partial charge on any atom is -0.114 e. The Balaban J connectivity index is 0.00000110. The zero-order chi connectivity index (χ0) is 12.9. The van der Waals surface area contributed by atoms with Crippen molar-refractivity contribution in [2.45, 2.75) is 0 Å². The fourth-order valence-corrected chi connectivity index (χ4v) is 4.48. The largest absolute Gasteiger partial charge is 0.114 e. The normalized spacial score (nSPS) is 9.57. The van der Waals surface area contributed by atoms with Gasteiger partial charge >= 0.3 is 0 Å². The zero-order valence-corrected chi connectivity index (χ0v) is 15.5. The average Bonchev–Trinajstić information content (AvgIpc) is 2.51. The Hall–Kier alpha value is -0.768. The molecule has 0 amide bonds. The fraction of sp³-hybridized carbons (Fsp3) is 0. The van der Waals surface area contributed by atoms with Gasteiger partial charge in [0.1, 0.15) is 0 Å². The predicted molar refractivity (Wildman–Crippen MR) is 95.5 cm³/mol. The molecule has 0 aromatic heterocycles. The molecule has 0 radical (unpaired) electrons. The first-order valence-electron chi connectivity index (χ1n) is 6.40. The molecule has 0 nitrogen and oxygen atoms in total. The summed E-state index contributed by atoms with van der Waals surface area (Å²) in [5, 5.41) is 4.19. The Morgan fingerprint density at radius 2 is 0.667 bits per heavy atom. The maximum Gasteiger partial charge on any atom is 0 e. The third kappa shape index (κ3) is 4.60. The van der Waals surface area contributed by atoms with Gasteiger partial charge in [0.25, 0.3) is 0 Å². The van der Waals surface area contributed by atoms with Gasteiger partial charge in [-0.25, -0.2) is 0 Å². The van der Waals surface area contributed by atoms with Crippen molar-refractivity contribution in [3.8, 4) is 0 Å². The first-order valence-corrected chi connectivity index (χ1v) is 7.74. The minimum atomic E-state index is -0.446. The van der Waals surface area contributed by atoms with Gasteiger partial charge < -0.3 is 0 Å². The van der Waals surface area contributed by atoms with Crippen LogP contribution in [0.25, 0.3) is 0 Å². The van der Waals surface area contributed by atoms with Gasteiger partial charge in [-0.2, -0.15) is 0 Å². The molecular formula is C18H16BrPPd. The fourth-order valence-electron chi connectivity index (χ4n) is 2.18. The van der Waals surface area contributed by atoms with E-state index in [1.165, 1.54) is 15.9 Å². The van der Waals surface area contributed by atoms with E-state index in [4.69, 9.17) is 0 Å². The monoisotopic (exact) mass is 448 g/mol. The van der Waals surface area contributed by atoms with Gasteiger partial charge in [-0.3, -0.25) is 0 Å². The summed E-state index contributed by atoms with van der Waals surface area (Å²) in [5.74, 6) is 0. The topological polar surface area (TPSA) is 0 Å². The molecule has 0 fully saturated rings. The number of benzene rings is 3. The molecule has 0 aliphatic heterocycles. The van der Waals surface area contributed by atoms with Crippen LogP contribution in [0.1, 0.15) is 0 Å². The number of hydrogen-bond acceptors (Lipinski definition) is 0. The molecule has 0 heterocycles. The molecule has 21 heavy (non-hydrogen) atoms. The molecule has 3 heteroatoms. The van der Waals surface area contributed by atoms with Crippen molar-refractivity contribution in [3.05, 3.63) is 91.0 Å². The maximum atomic E-state index is 2.23. The van der Waals surface area contributed by atoms with Crippen molar-refractivity contribution in [1.82, 2.24) is 0 Å². The second kappa shape index (κ2) is 9.29. The minimum absolute atomic E-state index is 0. The predicted octanol–water partition coefficient (Wildman–Crippen LogP) is 4.02. The Bertz CT molecular complexity index is 535. The molecule has 3 aromatic rings. The summed E-state index contributed by atoms with van der Waals surface area (Å²) in [7, 11) is -0.446. The summed E-state index contributed by atoms with van der Waals surface area (Å²) in [5.41, 5.74) is 0. The quantitative estimate of drug-likeness (QED) is 0.419. The van der Waals surface area contributed by atoms with Crippen LogP contribution >= 0.6 is 24.9 Å². The zero-order valence-electron chi connectivity index (χ0n) is 11.3. The molecule has 0 spiro atoms. The van der Waals surface area contributed by atoms with Crippen molar-refractivity contribution in [2.24, 2.45) is 0 Å². The Kier molecular flexibility index (Phi) is 8.09. The molecule has 3 aromatic carbocycles. The summed E-state index contributed by atoms with van der Waals surface area (Å²) in [4.78, 5) is 0. The van der Waals surface area contributed by atoms with Gasteiger partial charge in [0.05, 0.1) is 0 Å². The van der Waals surface area contributed by atoms with Crippen LogP contribution in [0.15, 0.2) is 91.0 Å². The smallest absolute Gasteiger partial charge is 0 e. The molecule has 0 saturated heterocycles. The first kappa shape index (κ1) is 18.3. The van der Waals surface area contributed by atoms with Crippen LogP contribution in [0.5, 0.6) is 0 Å². The Morgan fingerprint density at radius 1 is 0.429 bits per heavy atom. The van der Waals surface area contributed by atoms with Crippen molar-refractivity contribution in [2.75, 3.05) is 0 Å². The summed E-state index contributed by atoms with van der Waals surface area (Å²) < 4.78 is 0. The van der Waals surface area contributed by atoms with Crippen molar-refractivity contribution in [1.29, 1.82) is 0 Å². The number of hydrogen-bond donors (Lipinski definition) is 0. The van der Waals surface area contributed by atoms with Gasteiger partial charge in [0.15, 0.2) is 0 Å². The van der Waals surface area contributed by atoms with E-state index < -0.39 is 7.92 Å². The second-order valence-corrected chi connectivity index (χ2v) is 6.56. The van der Waals surface area contributed by atoms with Crippen LogP contribution in [0, 0.1) is 0 Å². The van der Waals surface area contributed by atoms with E-state index in [1.54, 1.807) is 0 Å². The molecule has 3 rings (SSSR count). The molecule has 110 valence electrons. The molecule has 0 aliphatic carbocycles. The van der Waals surface area contributed by atoms with Crippen LogP contribution in [-0.2, 0) is 20.4 Å². The molecule has 0 atom stereocenters. The van der Waals surface area contributed by atoms with Gasteiger partial charge in [-0.1, -0.05) is 91.0 Å². The van der Waals surface area contributed by atoms with Gasteiger partial charge in [-0.15, -0.1) is 17.0 Å². The third-order valence-electron chi connectivity index (χ3n) is 3.04. The molecule has 0 unspecified atom stereocenters. The van der Waals surface area contributed by atoms with Crippen molar-refractivity contribution in [3.63, 3.8) is 0 Å². The van der Waals surface area contributed by atoms with Crippen molar-refractivity contribution >= 4 is 40.8 Å². The van der Waals surface area contributed by atoms with E-state index in [0.717, 1.165) is 0 Å². The van der Waals surface area contributed by atoms with Crippen LogP contribution in [0.4, 0.5) is 0 Å². The molecule has 0 aliphatic rings. The number of halogens is 1. The van der Waals surface area contributed by atoms with Crippen LogP contribution in [-0.4, -0.2) is 0 Å². The summed E-state index contributed by atoms with van der Waals surface area (Å²) in [6.07, 6.45) is 0. The average molecular weight is 450 g/mol. The van der Waals surface area contributed by atoms with Crippen LogP contribution in [0.3, 0.4) is 0 Å². The van der Waals surface area contributed by atoms with E-state index >= 15 is 0 Å². The van der Waals surface area contributed by atoms with Crippen LogP contribution in [0.2, 0.25) is 0 Å². The van der Waals surface area contributed by atoms with E-state index in [9.17, 15) is 0 Å². The van der Waals surface area contributed by atoms with Crippen molar-refractivity contribution < 1.29 is 20.4 Å². The van der Waals surface area contributed by atoms with E-state index in [-0.39, 0.29) is 37.4 Å². The van der Waals surface area contributed by atoms with E-state index in [2.05, 4.69) is 91.0 Å². The standard InChI is InChI=1S/C18H15P.BrH.Pd/c1-4-10-16(11-5-1)19(17-12-6-2-7-13-17)18-14-8-3-9-15-18;;/h1-15H;1H;. The third-order valence-corrected chi connectivity index (χ3v) is 5.49. The van der Waals surface area contributed by atoms with Crippen LogP contribution < -0.4 is 15.9 Å². The summed E-state index contributed by atoms with van der Waals surface area (Å²) in [6.45, 7) is 0. The number of rotatable bonds is 3. The Labute approximate surface area is 151 Å². The maximum absolute atomic E-state index is 2.23. The SMILES string of the molecule is Br.[Pd].c1ccc(P(c2ccccc2)c2ccccc2)cc1. The summed E-state index contributed by atoms with van der Waals surface area (Å²) in [6, 6.07) is 32.3. The van der Waals surface area contributed by atoms with E-state index in [0.29, 0.717) is 0 Å². The molecule has 0 N–H and O–H groups in total. The van der Waals surface area contributed by atoms with E-state index in [1.807, 2.05) is 0 Å².